The number of anilines is 1. The number of carbonyl (C=O) groups excluding carboxylic acids is 1. The van der Waals surface area contributed by atoms with Gasteiger partial charge in [0.25, 0.3) is 5.91 Å². The van der Waals surface area contributed by atoms with Crippen molar-refractivity contribution in [3.05, 3.63) is 23.8 Å². The summed E-state index contributed by atoms with van der Waals surface area (Å²) in [5, 5.41) is 5.85. The first-order chi connectivity index (χ1) is 12.5. The molecule has 9 heteroatoms. The van der Waals surface area contributed by atoms with Crippen LogP contribution in [0, 0.1) is 0 Å². The van der Waals surface area contributed by atoms with Crippen LogP contribution in [0.4, 0.5) is 5.69 Å². The van der Waals surface area contributed by atoms with Crippen LogP contribution in [-0.2, 0) is 10.0 Å². The summed E-state index contributed by atoms with van der Waals surface area (Å²) in [6.07, 6.45) is 2.17. The van der Waals surface area contributed by atoms with Crippen molar-refractivity contribution in [2.24, 2.45) is 0 Å². The summed E-state index contributed by atoms with van der Waals surface area (Å²) >= 11 is 0. The highest BCUT2D eigenvalue weighted by Gasteiger charge is 2.26. The monoisotopic (exact) mass is 418 g/mol. The van der Waals surface area contributed by atoms with Gasteiger partial charge in [0.1, 0.15) is 0 Å². The van der Waals surface area contributed by atoms with E-state index in [2.05, 4.69) is 15.5 Å². The number of nitrogens with zero attached hydrogens (tertiary/aromatic N) is 2. The predicted molar refractivity (Wildman–Crippen MR) is 112 cm³/mol. The van der Waals surface area contributed by atoms with Gasteiger partial charge in [0.05, 0.1) is 10.5 Å². The van der Waals surface area contributed by atoms with E-state index in [1.807, 2.05) is 20.9 Å². The number of likely N-dealkylation sites (N-methyl/N-ethyl adjacent to an activating group) is 1. The molecule has 0 spiro atoms. The average molecular weight is 419 g/mol. The Kier molecular flexibility index (Phi) is 9.52. The minimum absolute atomic E-state index is 0. The van der Waals surface area contributed by atoms with E-state index in [1.165, 1.54) is 10.4 Å². The van der Waals surface area contributed by atoms with Crippen molar-refractivity contribution in [2.45, 2.75) is 31.6 Å². The van der Waals surface area contributed by atoms with Gasteiger partial charge in [0.15, 0.2) is 0 Å². The van der Waals surface area contributed by atoms with Crippen molar-refractivity contribution >= 4 is 34.0 Å². The van der Waals surface area contributed by atoms with Crippen molar-refractivity contribution in [2.75, 3.05) is 51.2 Å². The quantitative estimate of drug-likeness (QED) is 0.596. The van der Waals surface area contributed by atoms with Crippen LogP contribution in [0.25, 0.3) is 0 Å². The Balaban J connectivity index is 0.00000364. The van der Waals surface area contributed by atoms with Gasteiger partial charge in [-0.05, 0) is 38.1 Å². The third-order valence-electron chi connectivity index (χ3n) is 4.66. The topological polar surface area (TPSA) is 81.8 Å². The van der Waals surface area contributed by atoms with E-state index in [-0.39, 0.29) is 23.2 Å². The Morgan fingerprint density at radius 3 is 2.33 bits per heavy atom. The third-order valence-corrected chi connectivity index (χ3v) is 6.71. The molecule has 1 fully saturated rings. The molecule has 27 heavy (non-hydrogen) atoms. The number of amides is 1. The standard InChI is InChI=1S/C18H30N4O3S.ClH/c1-4-22(5-2)26(24,25)15-8-9-17(21-12-6-7-13-21)16(14-15)18(23)20-11-10-19-3;/h8-9,14,19H,4-7,10-13H2,1-3H3,(H,20,23);1H. The molecular weight excluding hydrogens is 388 g/mol. The van der Waals surface area contributed by atoms with Crippen LogP contribution in [0.3, 0.4) is 0 Å². The molecule has 7 nitrogen and oxygen atoms in total. The molecule has 0 saturated carbocycles. The molecule has 0 atom stereocenters. The van der Waals surface area contributed by atoms with E-state index in [4.69, 9.17) is 0 Å². The summed E-state index contributed by atoms with van der Waals surface area (Å²) in [5.74, 6) is -0.237. The van der Waals surface area contributed by atoms with E-state index in [1.54, 1.807) is 12.1 Å². The van der Waals surface area contributed by atoms with Gasteiger partial charge >= 0.3 is 0 Å². The molecule has 1 aliphatic rings. The number of nitrogens with one attached hydrogen (secondary N) is 2. The number of sulfonamides is 1. The zero-order chi connectivity index (χ0) is 19.2. The van der Waals surface area contributed by atoms with E-state index >= 15 is 0 Å². The number of halogens is 1. The van der Waals surface area contributed by atoms with Crippen molar-refractivity contribution in [3.63, 3.8) is 0 Å². The van der Waals surface area contributed by atoms with Gasteiger partial charge in [-0.25, -0.2) is 8.42 Å². The van der Waals surface area contributed by atoms with Gasteiger partial charge in [0, 0.05) is 45.0 Å². The lowest BCUT2D eigenvalue weighted by Crippen LogP contribution is -2.33. The van der Waals surface area contributed by atoms with E-state index < -0.39 is 10.0 Å². The van der Waals surface area contributed by atoms with Gasteiger partial charge in [-0.3, -0.25) is 4.79 Å². The molecule has 1 heterocycles. The van der Waals surface area contributed by atoms with Crippen LogP contribution >= 0.6 is 12.4 Å². The number of benzene rings is 1. The predicted octanol–water partition coefficient (Wildman–Crippen LogP) is 1.69. The summed E-state index contributed by atoms with van der Waals surface area (Å²) in [5.41, 5.74) is 1.24. The summed E-state index contributed by atoms with van der Waals surface area (Å²) in [7, 11) is -1.78. The lowest BCUT2D eigenvalue weighted by molar-refractivity contribution is 0.0954. The molecule has 0 aromatic heterocycles. The molecule has 0 radical (unpaired) electrons. The molecular formula is C18H31ClN4O3S. The SMILES string of the molecule is CCN(CC)S(=O)(=O)c1ccc(N2CCCC2)c(C(=O)NCCNC)c1.Cl. The molecule has 154 valence electrons. The first kappa shape index (κ1) is 23.7. The molecule has 0 aliphatic carbocycles. The normalized spacial score (nSPS) is 14.3. The smallest absolute Gasteiger partial charge is 0.253 e. The molecule has 1 saturated heterocycles. The number of hydrogen-bond donors (Lipinski definition) is 2. The second-order valence-electron chi connectivity index (χ2n) is 6.32. The van der Waals surface area contributed by atoms with Crippen LogP contribution in [0.5, 0.6) is 0 Å². The van der Waals surface area contributed by atoms with Crippen LogP contribution < -0.4 is 15.5 Å². The molecule has 1 aromatic carbocycles. The van der Waals surface area contributed by atoms with Crippen LogP contribution in [0.2, 0.25) is 0 Å². The second kappa shape index (κ2) is 10.8. The largest absolute Gasteiger partial charge is 0.371 e. The Morgan fingerprint density at radius 2 is 1.78 bits per heavy atom. The number of carbonyl (C=O) groups is 1. The van der Waals surface area contributed by atoms with Crippen molar-refractivity contribution < 1.29 is 13.2 Å². The maximum Gasteiger partial charge on any atom is 0.253 e. The maximum absolute atomic E-state index is 12.8. The molecule has 1 aromatic rings. The summed E-state index contributed by atoms with van der Waals surface area (Å²) in [4.78, 5) is 15.0. The second-order valence-corrected chi connectivity index (χ2v) is 8.26. The Hall–Kier alpha value is -1.35. The highest BCUT2D eigenvalue weighted by molar-refractivity contribution is 7.89. The summed E-state index contributed by atoms with van der Waals surface area (Å²) in [6.45, 7) is 7.34. The van der Waals surface area contributed by atoms with Crippen molar-refractivity contribution in [1.29, 1.82) is 0 Å². The van der Waals surface area contributed by atoms with E-state index in [0.29, 0.717) is 31.7 Å². The minimum Gasteiger partial charge on any atom is -0.371 e. The Bertz CT molecular complexity index is 717. The van der Waals surface area contributed by atoms with Gasteiger partial charge in [0.2, 0.25) is 10.0 Å². The number of rotatable bonds is 9. The zero-order valence-corrected chi connectivity index (χ0v) is 18.0. The zero-order valence-electron chi connectivity index (χ0n) is 16.3. The van der Waals surface area contributed by atoms with E-state index in [0.717, 1.165) is 31.6 Å². The fraction of sp³-hybridized carbons (Fsp3) is 0.611. The number of hydrogen-bond acceptors (Lipinski definition) is 5. The highest BCUT2D eigenvalue weighted by atomic mass is 35.5. The van der Waals surface area contributed by atoms with Crippen LogP contribution in [-0.4, -0.2) is 64.9 Å². The molecule has 0 unspecified atom stereocenters. The Labute approximate surface area is 168 Å². The lowest BCUT2D eigenvalue weighted by atomic mass is 10.1. The first-order valence-electron chi connectivity index (χ1n) is 9.27. The van der Waals surface area contributed by atoms with Gasteiger partial charge in [-0.2, -0.15) is 4.31 Å². The van der Waals surface area contributed by atoms with E-state index in [9.17, 15) is 13.2 Å². The van der Waals surface area contributed by atoms with Gasteiger partial charge in [-0.1, -0.05) is 13.8 Å². The van der Waals surface area contributed by atoms with Crippen molar-refractivity contribution in [1.82, 2.24) is 14.9 Å². The third kappa shape index (κ3) is 5.57. The summed E-state index contributed by atoms with van der Waals surface area (Å²) < 4.78 is 27.1. The minimum atomic E-state index is -3.60. The first-order valence-corrected chi connectivity index (χ1v) is 10.7. The van der Waals surface area contributed by atoms with Gasteiger partial charge in [-0.15, -0.1) is 12.4 Å². The van der Waals surface area contributed by atoms with Crippen LogP contribution in [0.15, 0.2) is 23.1 Å². The van der Waals surface area contributed by atoms with Crippen LogP contribution in [0.1, 0.15) is 37.0 Å². The molecule has 1 aliphatic heterocycles. The summed E-state index contributed by atoms with van der Waals surface area (Å²) in [6, 6.07) is 4.91. The molecule has 1 amide bonds. The molecule has 2 rings (SSSR count). The fourth-order valence-electron chi connectivity index (χ4n) is 3.20. The fourth-order valence-corrected chi connectivity index (χ4v) is 4.68. The average Bonchev–Trinajstić information content (AvgIpc) is 3.16. The molecule has 0 bridgehead atoms. The highest BCUT2D eigenvalue weighted by Crippen LogP contribution is 2.28. The van der Waals surface area contributed by atoms with Crippen molar-refractivity contribution in [3.8, 4) is 0 Å². The van der Waals surface area contributed by atoms with Gasteiger partial charge < -0.3 is 15.5 Å². The molecule has 2 N–H and O–H groups in total. The Morgan fingerprint density at radius 1 is 1.15 bits per heavy atom. The maximum atomic E-state index is 12.8. The lowest BCUT2D eigenvalue weighted by Gasteiger charge is -2.23.